The van der Waals surface area contributed by atoms with Gasteiger partial charge in [0.2, 0.25) is 0 Å². The van der Waals surface area contributed by atoms with Crippen molar-refractivity contribution in [1.29, 1.82) is 0 Å². The Morgan fingerprint density at radius 2 is 2.00 bits per heavy atom. The molecule has 2 aromatic rings. The summed E-state index contributed by atoms with van der Waals surface area (Å²) >= 11 is 0. The summed E-state index contributed by atoms with van der Waals surface area (Å²) in [6.45, 7) is 0. The highest BCUT2D eigenvalue weighted by atomic mass is 32.2. The SMILES string of the molecule is O=C(Nc1ccc(F)cc1F)c1cnc(NC2CCS(=O)(=O)C2)cn1. The Balaban J connectivity index is 1.64. The van der Waals surface area contributed by atoms with E-state index in [2.05, 4.69) is 20.6 Å². The zero-order valence-electron chi connectivity index (χ0n) is 12.9. The van der Waals surface area contributed by atoms with Crippen molar-refractivity contribution < 1.29 is 22.0 Å². The van der Waals surface area contributed by atoms with Gasteiger partial charge >= 0.3 is 0 Å². The van der Waals surface area contributed by atoms with Crippen LogP contribution in [-0.2, 0) is 9.84 Å². The lowest BCUT2D eigenvalue weighted by Crippen LogP contribution is -2.22. The predicted octanol–water partition coefficient (Wildman–Crippen LogP) is 1.61. The minimum absolute atomic E-state index is 0.0285. The van der Waals surface area contributed by atoms with Crippen LogP contribution < -0.4 is 10.6 Å². The highest BCUT2D eigenvalue weighted by Gasteiger charge is 2.28. The number of rotatable bonds is 4. The average molecular weight is 368 g/mol. The molecule has 0 radical (unpaired) electrons. The van der Waals surface area contributed by atoms with Gasteiger partial charge in [-0.25, -0.2) is 27.2 Å². The Labute approximate surface area is 142 Å². The van der Waals surface area contributed by atoms with Gasteiger partial charge in [-0.3, -0.25) is 4.79 Å². The maximum absolute atomic E-state index is 13.5. The van der Waals surface area contributed by atoms with E-state index in [0.717, 1.165) is 12.1 Å². The summed E-state index contributed by atoms with van der Waals surface area (Å²) in [5.74, 6) is -1.86. The van der Waals surface area contributed by atoms with Crippen LogP contribution in [0.2, 0.25) is 0 Å². The summed E-state index contributed by atoms with van der Waals surface area (Å²) in [7, 11) is -3.02. The Morgan fingerprint density at radius 1 is 1.20 bits per heavy atom. The number of carbonyl (C=O) groups is 1. The van der Waals surface area contributed by atoms with Gasteiger partial charge in [0.1, 0.15) is 23.1 Å². The number of benzene rings is 1. The average Bonchev–Trinajstić information content (AvgIpc) is 2.89. The van der Waals surface area contributed by atoms with Gasteiger partial charge in [-0.1, -0.05) is 0 Å². The smallest absolute Gasteiger partial charge is 0.275 e. The van der Waals surface area contributed by atoms with Crippen molar-refractivity contribution >= 4 is 27.2 Å². The number of amides is 1. The molecule has 0 aliphatic carbocycles. The molecule has 3 rings (SSSR count). The first-order valence-corrected chi connectivity index (χ1v) is 9.20. The van der Waals surface area contributed by atoms with Crippen molar-refractivity contribution in [3.05, 3.63) is 47.9 Å². The van der Waals surface area contributed by atoms with Crippen molar-refractivity contribution in [2.45, 2.75) is 12.5 Å². The fourth-order valence-electron chi connectivity index (χ4n) is 2.42. The third-order valence-corrected chi connectivity index (χ3v) is 5.42. The van der Waals surface area contributed by atoms with Crippen LogP contribution in [0.1, 0.15) is 16.9 Å². The number of sulfone groups is 1. The lowest BCUT2D eigenvalue weighted by Gasteiger charge is -2.11. The standard InChI is InChI=1S/C15H14F2N4O3S/c16-9-1-2-12(11(17)5-9)21-15(22)13-6-19-14(7-18-13)20-10-3-4-25(23,24)8-10/h1-2,5-7,10H,3-4,8H2,(H,19,20)(H,21,22). The molecule has 1 aliphatic rings. The van der Waals surface area contributed by atoms with E-state index in [-0.39, 0.29) is 28.9 Å². The molecule has 1 aliphatic heterocycles. The lowest BCUT2D eigenvalue weighted by molar-refractivity contribution is 0.102. The number of halogens is 2. The van der Waals surface area contributed by atoms with Gasteiger partial charge in [0.25, 0.3) is 5.91 Å². The molecule has 2 N–H and O–H groups in total. The zero-order chi connectivity index (χ0) is 18.0. The highest BCUT2D eigenvalue weighted by Crippen LogP contribution is 2.17. The minimum Gasteiger partial charge on any atom is -0.365 e. The van der Waals surface area contributed by atoms with Gasteiger partial charge in [0.15, 0.2) is 9.84 Å². The molecule has 2 heterocycles. The Bertz CT molecular complexity index is 903. The molecule has 1 aromatic heterocycles. The van der Waals surface area contributed by atoms with Crippen molar-refractivity contribution in [3.63, 3.8) is 0 Å². The molecular weight excluding hydrogens is 354 g/mol. The second-order valence-electron chi connectivity index (χ2n) is 5.61. The van der Waals surface area contributed by atoms with Crippen molar-refractivity contribution in [2.75, 3.05) is 22.1 Å². The first-order valence-electron chi connectivity index (χ1n) is 7.38. The topological polar surface area (TPSA) is 101 Å². The van der Waals surface area contributed by atoms with Gasteiger partial charge in [0.05, 0.1) is 29.6 Å². The molecule has 10 heteroatoms. The minimum atomic E-state index is -3.02. The van der Waals surface area contributed by atoms with Crippen LogP contribution in [0.4, 0.5) is 20.3 Å². The number of nitrogens with zero attached hydrogens (tertiary/aromatic N) is 2. The van der Waals surface area contributed by atoms with Crippen LogP contribution >= 0.6 is 0 Å². The zero-order valence-corrected chi connectivity index (χ0v) is 13.7. The molecule has 1 atom stereocenters. The Kier molecular flexibility index (Phi) is 4.62. The number of hydrogen-bond acceptors (Lipinski definition) is 6. The van der Waals surface area contributed by atoms with Crippen LogP contribution in [0.15, 0.2) is 30.6 Å². The van der Waals surface area contributed by atoms with Gasteiger partial charge < -0.3 is 10.6 Å². The summed E-state index contributed by atoms with van der Waals surface area (Å²) in [5.41, 5.74) is -0.236. The molecule has 0 bridgehead atoms. The highest BCUT2D eigenvalue weighted by molar-refractivity contribution is 7.91. The monoisotopic (exact) mass is 368 g/mol. The summed E-state index contributed by atoms with van der Waals surface area (Å²) in [6.07, 6.45) is 2.96. The molecule has 0 saturated carbocycles. The van der Waals surface area contributed by atoms with Gasteiger partial charge in [-0.2, -0.15) is 0 Å². The van der Waals surface area contributed by atoms with Gasteiger partial charge in [-0.15, -0.1) is 0 Å². The summed E-state index contributed by atoms with van der Waals surface area (Å²) in [5, 5.41) is 5.22. The van der Waals surface area contributed by atoms with Crippen LogP contribution in [0, 0.1) is 11.6 Å². The molecule has 0 spiro atoms. The first-order chi connectivity index (χ1) is 11.8. The van der Waals surface area contributed by atoms with Crippen LogP contribution in [-0.4, -0.2) is 41.8 Å². The number of anilines is 2. The molecule has 25 heavy (non-hydrogen) atoms. The van der Waals surface area contributed by atoms with Crippen molar-refractivity contribution in [1.82, 2.24) is 9.97 Å². The molecule has 1 saturated heterocycles. The van der Waals surface area contributed by atoms with E-state index in [0.29, 0.717) is 18.3 Å². The van der Waals surface area contributed by atoms with Gasteiger partial charge in [0, 0.05) is 12.1 Å². The third-order valence-electron chi connectivity index (χ3n) is 3.65. The maximum Gasteiger partial charge on any atom is 0.275 e. The lowest BCUT2D eigenvalue weighted by atomic mass is 10.2. The third kappa shape index (κ3) is 4.27. The van der Waals surface area contributed by atoms with Gasteiger partial charge in [-0.05, 0) is 18.6 Å². The van der Waals surface area contributed by atoms with Crippen LogP contribution in [0.25, 0.3) is 0 Å². The largest absolute Gasteiger partial charge is 0.365 e. The van der Waals surface area contributed by atoms with E-state index >= 15 is 0 Å². The molecule has 7 nitrogen and oxygen atoms in total. The molecule has 1 unspecified atom stereocenters. The Morgan fingerprint density at radius 3 is 2.60 bits per heavy atom. The number of hydrogen-bond donors (Lipinski definition) is 2. The quantitative estimate of drug-likeness (QED) is 0.850. The number of nitrogens with one attached hydrogen (secondary N) is 2. The number of carbonyl (C=O) groups excluding carboxylic acids is 1. The van der Waals surface area contributed by atoms with E-state index in [4.69, 9.17) is 0 Å². The summed E-state index contributed by atoms with van der Waals surface area (Å²) in [4.78, 5) is 19.9. The molecule has 132 valence electrons. The summed E-state index contributed by atoms with van der Waals surface area (Å²) in [6, 6.07) is 2.54. The van der Waals surface area contributed by atoms with E-state index in [1.165, 1.54) is 12.4 Å². The molecule has 1 amide bonds. The van der Waals surface area contributed by atoms with Crippen molar-refractivity contribution in [3.8, 4) is 0 Å². The fourth-order valence-corrected chi connectivity index (χ4v) is 4.09. The first kappa shape index (κ1) is 17.2. The molecular formula is C15H14F2N4O3S. The normalized spacial score (nSPS) is 18.7. The van der Waals surface area contributed by atoms with Crippen LogP contribution in [0.5, 0.6) is 0 Å². The predicted molar refractivity (Wildman–Crippen MR) is 87.0 cm³/mol. The maximum atomic E-state index is 13.5. The second kappa shape index (κ2) is 6.71. The van der Waals surface area contributed by atoms with Crippen molar-refractivity contribution in [2.24, 2.45) is 0 Å². The fraction of sp³-hybridized carbons (Fsp3) is 0.267. The molecule has 1 aromatic carbocycles. The van der Waals surface area contributed by atoms with E-state index in [9.17, 15) is 22.0 Å². The second-order valence-corrected chi connectivity index (χ2v) is 7.84. The number of aromatic nitrogens is 2. The summed E-state index contributed by atoms with van der Waals surface area (Å²) < 4.78 is 49.2. The van der Waals surface area contributed by atoms with E-state index in [1.807, 2.05) is 0 Å². The van der Waals surface area contributed by atoms with E-state index < -0.39 is 27.4 Å². The Hall–Kier alpha value is -2.62. The van der Waals surface area contributed by atoms with E-state index in [1.54, 1.807) is 0 Å². The molecule has 1 fully saturated rings. The van der Waals surface area contributed by atoms with Crippen LogP contribution in [0.3, 0.4) is 0 Å².